The van der Waals surface area contributed by atoms with Gasteiger partial charge in [0.1, 0.15) is 11.3 Å². The number of carbonyl (C=O) groups is 1. The van der Waals surface area contributed by atoms with Crippen LogP contribution in [-0.2, 0) is 10.2 Å². The maximum Gasteiger partial charge on any atom is 0.339 e. The maximum absolute atomic E-state index is 11.0. The molecule has 1 heterocycles. The van der Waals surface area contributed by atoms with Crippen molar-refractivity contribution >= 4 is 5.97 Å². The zero-order valence-electron chi connectivity index (χ0n) is 10.0. The van der Waals surface area contributed by atoms with Gasteiger partial charge in [-0.15, -0.1) is 0 Å². The van der Waals surface area contributed by atoms with Crippen LogP contribution in [0.2, 0.25) is 0 Å². The minimum absolute atomic E-state index is 0.0321. The van der Waals surface area contributed by atoms with Crippen LogP contribution in [0, 0.1) is 0 Å². The van der Waals surface area contributed by atoms with Gasteiger partial charge >= 0.3 is 5.97 Å². The lowest BCUT2D eigenvalue weighted by atomic mass is 9.76. The molecule has 1 aromatic rings. The Hall–Kier alpha value is -1.55. The predicted molar refractivity (Wildman–Crippen MR) is 62.7 cm³/mol. The number of methoxy groups -OCH3 is 1. The molecule has 92 valence electrons. The van der Waals surface area contributed by atoms with Crippen molar-refractivity contribution in [1.29, 1.82) is 0 Å². The lowest BCUT2D eigenvalue weighted by Gasteiger charge is -2.41. The van der Waals surface area contributed by atoms with Gasteiger partial charge in [0.25, 0.3) is 0 Å². The van der Waals surface area contributed by atoms with Crippen molar-refractivity contribution in [2.75, 3.05) is 20.3 Å². The van der Waals surface area contributed by atoms with Crippen LogP contribution >= 0.6 is 0 Å². The maximum atomic E-state index is 11.0. The van der Waals surface area contributed by atoms with Gasteiger partial charge in [-0.2, -0.15) is 0 Å². The highest BCUT2D eigenvalue weighted by molar-refractivity contribution is 5.91. The first kappa shape index (κ1) is 11.9. The van der Waals surface area contributed by atoms with Crippen LogP contribution in [0.25, 0.3) is 0 Å². The molecule has 1 fully saturated rings. The van der Waals surface area contributed by atoms with Gasteiger partial charge in [0.05, 0.1) is 20.3 Å². The lowest BCUT2D eigenvalue weighted by molar-refractivity contribution is -0.0620. The summed E-state index contributed by atoms with van der Waals surface area (Å²) in [5, 5.41) is 9.01. The van der Waals surface area contributed by atoms with Crippen molar-refractivity contribution in [2.24, 2.45) is 0 Å². The van der Waals surface area contributed by atoms with E-state index in [9.17, 15) is 4.79 Å². The molecule has 0 bridgehead atoms. The average Bonchev–Trinajstić information content (AvgIpc) is 2.28. The second-order valence-corrected chi connectivity index (χ2v) is 4.35. The van der Waals surface area contributed by atoms with Gasteiger partial charge in [-0.25, -0.2) is 4.79 Å². The molecule has 1 N–H and O–H groups in total. The first-order valence-electron chi connectivity index (χ1n) is 5.62. The molecule has 17 heavy (non-hydrogen) atoms. The van der Waals surface area contributed by atoms with E-state index in [0.717, 1.165) is 12.0 Å². The number of hydrogen-bond acceptors (Lipinski definition) is 3. The summed E-state index contributed by atoms with van der Waals surface area (Å²) in [6.45, 7) is 3.50. The Morgan fingerprint density at radius 3 is 2.65 bits per heavy atom. The van der Waals surface area contributed by atoms with E-state index in [-0.39, 0.29) is 11.0 Å². The molecule has 0 spiro atoms. The van der Waals surface area contributed by atoms with E-state index in [1.807, 2.05) is 12.1 Å². The first-order chi connectivity index (χ1) is 8.13. The minimum atomic E-state index is -0.969. The van der Waals surface area contributed by atoms with Crippen molar-refractivity contribution in [3.63, 3.8) is 0 Å². The van der Waals surface area contributed by atoms with E-state index in [2.05, 4.69) is 6.92 Å². The Morgan fingerprint density at radius 1 is 1.53 bits per heavy atom. The molecule has 0 atom stereocenters. The normalized spacial score (nSPS) is 17.3. The Bertz CT molecular complexity index is 430. The van der Waals surface area contributed by atoms with Gasteiger partial charge < -0.3 is 14.6 Å². The van der Waals surface area contributed by atoms with Gasteiger partial charge in [0.2, 0.25) is 0 Å². The van der Waals surface area contributed by atoms with Crippen molar-refractivity contribution < 1.29 is 19.4 Å². The highest BCUT2D eigenvalue weighted by atomic mass is 16.5. The van der Waals surface area contributed by atoms with Gasteiger partial charge in [-0.05, 0) is 24.1 Å². The van der Waals surface area contributed by atoms with Crippen molar-refractivity contribution in [1.82, 2.24) is 0 Å². The van der Waals surface area contributed by atoms with Crippen LogP contribution in [0.3, 0.4) is 0 Å². The van der Waals surface area contributed by atoms with E-state index in [0.29, 0.717) is 19.0 Å². The van der Waals surface area contributed by atoms with E-state index in [4.69, 9.17) is 14.6 Å². The third-order valence-corrected chi connectivity index (χ3v) is 3.48. The number of benzene rings is 1. The fourth-order valence-electron chi connectivity index (χ4n) is 2.12. The average molecular weight is 236 g/mol. The fourth-order valence-corrected chi connectivity index (χ4v) is 2.12. The standard InChI is InChI=1S/C13H16O4/c1-3-13(7-17-8-13)9-4-5-10(12(14)15)11(6-9)16-2/h4-6H,3,7-8H2,1-2H3,(H,14,15). The number of hydrogen-bond donors (Lipinski definition) is 1. The summed E-state index contributed by atoms with van der Waals surface area (Å²) in [6.07, 6.45) is 0.975. The molecule has 4 heteroatoms. The quantitative estimate of drug-likeness (QED) is 0.869. The number of ether oxygens (including phenoxy) is 2. The molecule has 0 amide bonds. The smallest absolute Gasteiger partial charge is 0.339 e. The molecule has 0 saturated carbocycles. The number of carboxylic acids is 1. The van der Waals surface area contributed by atoms with Crippen molar-refractivity contribution in [3.05, 3.63) is 29.3 Å². The highest BCUT2D eigenvalue weighted by Crippen LogP contribution is 2.37. The summed E-state index contributed by atoms with van der Waals surface area (Å²) in [4.78, 5) is 11.0. The van der Waals surface area contributed by atoms with Crippen LogP contribution in [0.1, 0.15) is 29.3 Å². The van der Waals surface area contributed by atoms with Gasteiger partial charge in [-0.3, -0.25) is 0 Å². The lowest BCUT2D eigenvalue weighted by Crippen LogP contribution is -2.46. The largest absolute Gasteiger partial charge is 0.496 e. The van der Waals surface area contributed by atoms with E-state index < -0.39 is 5.97 Å². The molecule has 0 unspecified atom stereocenters. The SMILES string of the molecule is CCC1(c2ccc(C(=O)O)c(OC)c2)COC1. The van der Waals surface area contributed by atoms with E-state index in [1.165, 1.54) is 7.11 Å². The summed E-state index contributed by atoms with van der Waals surface area (Å²) < 4.78 is 10.4. The Labute approximate surface area is 100 Å². The Morgan fingerprint density at radius 2 is 2.24 bits per heavy atom. The zero-order chi connectivity index (χ0) is 12.5. The molecule has 0 aromatic heterocycles. The van der Waals surface area contributed by atoms with Gasteiger partial charge in [0, 0.05) is 5.41 Å². The third-order valence-electron chi connectivity index (χ3n) is 3.48. The second kappa shape index (κ2) is 4.37. The topological polar surface area (TPSA) is 55.8 Å². The molecule has 2 rings (SSSR count). The van der Waals surface area contributed by atoms with Crippen LogP contribution in [0.15, 0.2) is 18.2 Å². The zero-order valence-corrected chi connectivity index (χ0v) is 10.0. The van der Waals surface area contributed by atoms with E-state index >= 15 is 0 Å². The summed E-state index contributed by atoms with van der Waals surface area (Å²) in [6, 6.07) is 5.28. The van der Waals surface area contributed by atoms with Crippen molar-refractivity contribution in [2.45, 2.75) is 18.8 Å². The summed E-state index contributed by atoms with van der Waals surface area (Å²) >= 11 is 0. The number of carboxylic acid groups (broad SMARTS) is 1. The van der Waals surface area contributed by atoms with E-state index in [1.54, 1.807) is 6.07 Å². The molecule has 1 aliphatic rings. The van der Waals surface area contributed by atoms with Crippen LogP contribution in [0.4, 0.5) is 0 Å². The van der Waals surface area contributed by atoms with Crippen LogP contribution < -0.4 is 4.74 Å². The molecule has 1 aliphatic heterocycles. The summed E-state index contributed by atoms with van der Waals surface area (Å²) in [5.74, 6) is -0.557. The van der Waals surface area contributed by atoms with Crippen LogP contribution in [0.5, 0.6) is 5.75 Å². The van der Waals surface area contributed by atoms with Gasteiger partial charge in [0.15, 0.2) is 0 Å². The summed E-state index contributed by atoms with van der Waals surface area (Å²) in [5.41, 5.74) is 1.32. The molecular formula is C13H16O4. The molecule has 1 aromatic carbocycles. The second-order valence-electron chi connectivity index (χ2n) is 4.35. The minimum Gasteiger partial charge on any atom is -0.496 e. The monoisotopic (exact) mass is 236 g/mol. The fraction of sp³-hybridized carbons (Fsp3) is 0.462. The van der Waals surface area contributed by atoms with Crippen molar-refractivity contribution in [3.8, 4) is 5.75 Å². The van der Waals surface area contributed by atoms with Crippen LogP contribution in [-0.4, -0.2) is 31.4 Å². The predicted octanol–water partition coefficient (Wildman–Crippen LogP) is 2.07. The molecule has 4 nitrogen and oxygen atoms in total. The molecule has 0 aliphatic carbocycles. The highest BCUT2D eigenvalue weighted by Gasteiger charge is 2.39. The Balaban J connectivity index is 2.41. The van der Waals surface area contributed by atoms with Gasteiger partial charge in [-0.1, -0.05) is 13.0 Å². The summed E-state index contributed by atoms with van der Waals surface area (Å²) in [7, 11) is 1.49. The number of rotatable bonds is 4. The molecule has 1 saturated heterocycles. The molecular weight excluding hydrogens is 220 g/mol. The third kappa shape index (κ3) is 1.89. The Kier molecular flexibility index (Phi) is 3.07. The molecule has 0 radical (unpaired) electrons. The first-order valence-corrected chi connectivity index (χ1v) is 5.62. The number of aromatic carboxylic acids is 1.